The molecule has 2 aromatic carbocycles. The molecule has 12 heteroatoms. The van der Waals surface area contributed by atoms with Crippen molar-refractivity contribution in [3.63, 3.8) is 0 Å². The third kappa shape index (κ3) is 4.55. The van der Waals surface area contributed by atoms with Crippen LogP contribution in [0.3, 0.4) is 0 Å². The molecule has 2 amide bonds. The topological polar surface area (TPSA) is 67.2 Å². The van der Waals surface area contributed by atoms with E-state index in [0.29, 0.717) is 16.5 Å². The highest BCUT2D eigenvalue weighted by molar-refractivity contribution is 8.18. The van der Waals surface area contributed by atoms with Crippen LogP contribution in [0.4, 0.5) is 22.4 Å². The zero-order valence-electron chi connectivity index (χ0n) is 17.9. The molecule has 2 saturated heterocycles. The van der Waals surface area contributed by atoms with Crippen molar-refractivity contribution in [1.29, 1.82) is 0 Å². The number of aromatic nitrogens is 2. The lowest BCUT2D eigenvalue weighted by atomic mass is 10.1. The van der Waals surface area contributed by atoms with Gasteiger partial charge in [-0.1, -0.05) is 23.7 Å². The zero-order chi connectivity index (χ0) is 24.9. The number of alkyl halides is 4. The number of hydrogen-bond acceptors (Lipinski definition) is 5. The van der Waals surface area contributed by atoms with Gasteiger partial charge in [0.1, 0.15) is 6.17 Å². The van der Waals surface area contributed by atoms with Gasteiger partial charge >= 0.3 is 6.18 Å². The summed E-state index contributed by atoms with van der Waals surface area (Å²) < 4.78 is 55.9. The summed E-state index contributed by atoms with van der Waals surface area (Å²) in [4.78, 5) is 26.3. The monoisotopic (exact) mass is 524 g/mol. The summed E-state index contributed by atoms with van der Waals surface area (Å²) in [6.45, 7) is 0.182. The van der Waals surface area contributed by atoms with Crippen LogP contribution in [0.1, 0.15) is 16.7 Å². The van der Waals surface area contributed by atoms with Gasteiger partial charge in [0.15, 0.2) is 0 Å². The number of carbonyl (C=O) groups is 2. The highest BCUT2D eigenvalue weighted by atomic mass is 35.5. The van der Waals surface area contributed by atoms with Gasteiger partial charge in [0.25, 0.3) is 11.1 Å². The molecule has 2 aliphatic rings. The average molecular weight is 525 g/mol. The van der Waals surface area contributed by atoms with Crippen LogP contribution in [0, 0.1) is 0 Å². The highest BCUT2D eigenvalue weighted by Gasteiger charge is 2.44. The normalized spacial score (nSPS) is 22.2. The molecule has 5 rings (SSSR count). The Kier molecular flexibility index (Phi) is 6.10. The molecule has 0 spiro atoms. The Morgan fingerprint density at radius 3 is 2.69 bits per heavy atom. The fourth-order valence-corrected chi connectivity index (χ4v) is 5.29. The Morgan fingerprint density at radius 2 is 1.97 bits per heavy atom. The van der Waals surface area contributed by atoms with Crippen molar-refractivity contribution in [1.82, 2.24) is 20.0 Å². The maximum atomic E-state index is 14.1. The number of fused-ring (bicyclic) bond motifs is 1. The van der Waals surface area contributed by atoms with Gasteiger partial charge in [0.05, 0.1) is 34.8 Å². The van der Waals surface area contributed by atoms with E-state index in [0.717, 1.165) is 22.7 Å². The van der Waals surface area contributed by atoms with Crippen LogP contribution >= 0.6 is 23.4 Å². The van der Waals surface area contributed by atoms with Crippen molar-refractivity contribution >= 4 is 51.5 Å². The van der Waals surface area contributed by atoms with E-state index in [1.54, 1.807) is 18.2 Å². The number of hydrogen-bond donors (Lipinski definition) is 1. The molecule has 182 valence electrons. The van der Waals surface area contributed by atoms with Crippen LogP contribution < -0.4 is 5.32 Å². The van der Waals surface area contributed by atoms with E-state index in [9.17, 15) is 27.2 Å². The largest absolute Gasteiger partial charge is 0.416 e. The SMILES string of the molecule is O=C1SC(=Cc2ccc3c(cnn3Cc3ccc(Cl)cc3C(F)(F)F)c2)C(=O)N1C1CNC[C@H]1F. The maximum Gasteiger partial charge on any atom is 0.416 e. The standard InChI is InChI=1S/C23H17ClF4N4O2S/c24-15-3-2-13(16(7-15)23(26,27)28)11-31-18-4-1-12(5-14(18)8-30-31)6-20-21(33)32(22(34)35-20)19-10-29-9-17(19)25/h1-8,17,19,29H,9-11H2/t17-,19?/m1/s1. The van der Waals surface area contributed by atoms with Crippen molar-refractivity contribution in [2.24, 2.45) is 0 Å². The summed E-state index contributed by atoms with van der Waals surface area (Å²) in [5.41, 5.74) is 0.396. The molecule has 1 unspecified atom stereocenters. The van der Waals surface area contributed by atoms with E-state index in [2.05, 4.69) is 10.4 Å². The maximum absolute atomic E-state index is 14.1. The number of carbonyl (C=O) groups excluding carboxylic acids is 2. The average Bonchev–Trinajstić information content (AvgIpc) is 3.46. The van der Waals surface area contributed by atoms with Crippen molar-refractivity contribution in [3.05, 3.63) is 69.2 Å². The summed E-state index contributed by atoms with van der Waals surface area (Å²) >= 11 is 6.51. The Morgan fingerprint density at radius 1 is 1.17 bits per heavy atom. The minimum Gasteiger partial charge on any atom is -0.312 e. The van der Waals surface area contributed by atoms with Crippen molar-refractivity contribution in [3.8, 4) is 0 Å². The van der Waals surface area contributed by atoms with E-state index in [4.69, 9.17) is 11.6 Å². The smallest absolute Gasteiger partial charge is 0.312 e. The quantitative estimate of drug-likeness (QED) is 0.380. The fraction of sp³-hybridized carbons (Fsp3) is 0.261. The molecule has 3 heterocycles. The van der Waals surface area contributed by atoms with Crippen LogP contribution in [0.25, 0.3) is 17.0 Å². The number of halogens is 5. The number of nitrogens with one attached hydrogen (secondary N) is 1. The molecule has 3 aromatic rings. The van der Waals surface area contributed by atoms with Gasteiger partial charge in [-0.3, -0.25) is 19.2 Å². The van der Waals surface area contributed by atoms with Gasteiger partial charge in [0.2, 0.25) is 0 Å². The van der Waals surface area contributed by atoms with Crippen molar-refractivity contribution in [2.75, 3.05) is 13.1 Å². The molecule has 0 aliphatic carbocycles. The second kappa shape index (κ2) is 8.96. The van der Waals surface area contributed by atoms with Crippen LogP contribution in [0.5, 0.6) is 0 Å². The molecule has 2 aliphatic heterocycles. The van der Waals surface area contributed by atoms with Crippen LogP contribution in [-0.2, 0) is 17.5 Å². The van der Waals surface area contributed by atoms with Crippen LogP contribution in [0.15, 0.2) is 47.5 Å². The Bertz CT molecular complexity index is 1370. The lowest BCUT2D eigenvalue weighted by Crippen LogP contribution is -2.44. The number of amides is 2. The second-order valence-corrected chi connectivity index (χ2v) is 9.64. The number of rotatable bonds is 4. The third-order valence-electron chi connectivity index (χ3n) is 5.93. The molecule has 6 nitrogen and oxygen atoms in total. The second-order valence-electron chi connectivity index (χ2n) is 8.21. The van der Waals surface area contributed by atoms with E-state index in [1.807, 2.05) is 0 Å². The molecular weight excluding hydrogens is 508 g/mol. The first-order valence-electron chi connectivity index (χ1n) is 10.5. The summed E-state index contributed by atoms with van der Waals surface area (Å²) in [5.74, 6) is -0.547. The number of imide groups is 1. The van der Waals surface area contributed by atoms with Crippen LogP contribution in [-0.4, -0.2) is 51.1 Å². The molecule has 2 atom stereocenters. The summed E-state index contributed by atoms with van der Waals surface area (Å²) in [6.07, 6.45) is -2.82. The first-order chi connectivity index (χ1) is 16.6. The highest BCUT2D eigenvalue weighted by Crippen LogP contribution is 2.36. The number of nitrogens with zero attached hydrogens (tertiary/aromatic N) is 3. The number of benzene rings is 2. The lowest BCUT2D eigenvalue weighted by Gasteiger charge is -2.21. The zero-order valence-corrected chi connectivity index (χ0v) is 19.4. The third-order valence-corrected chi connectivity index (χ3v) is 7.05. The molecule has 0 radical (unpaired) electrons. The molecule has 2 fully saturated rings. The molecule has 35 heavy (non-hydrogen) atoms. The summed E-state index contributed by atoms with van der Waals surface area (Å²) in [6, 6.07) is 7.86. The predicted octanol–water partition coefficient (Wildman–Crippen LogP) is 5.10. The van der Waals surface area contributed by atoms with Crippen molar-refractivity contribution in [2.45, 2.75) is 24.9 Å². The Labute approximate surface area is 205 Å². The molecule has 1 N–H and O–H groups in total. The van der Waals surface area contributed by atoms with Gasteiger partial charge < -0.3 is 5.32 Å². The van der Waals surface area contributed by atoms with E-state index in [-0.39, 0.29) is 35.1 Å². The molecular formula is C23H17ClF4N4O2S. The summed E-state index contributed by atoms with van der Waals surface area (Å²) in [7, 11) is 0. The predicted molar refractivity (Wildman–Crippen MR) is 125 cm³/mol. The number of thioether (sulfide) groups is 1. The van der Waals surface area contributed by atoms with Crippen LogP contribution in [0.2, 0.25) is 5.02 Å². The van der Waals surface area contributed by atoms with Crippen molar-refractivity contribution < 1.29 is 27.2 Å². The molecule has 0 bridgehead atoms. The first-order valence-corrected chi connectivity index (χ1v) is 11.7. The Hall–Kier alpha value is -2.89. The first kappa shape index (κ1) is 23.8. The van der Waals surface area contributed by atoms with Gasteiger partial charge in [-0.25, -0.2) is 4.39 Å². The van der Waals surface area contributed by atoms with E-state index < -0.39 is 35.1 Å². The van der Waals surface area contributed by atoms with Gasteiger partial charge in [0, 0.05) is 23.5 Å². The lowest BCUT2D eigenvalue weighted by molar-refractivity contribution is -0.138. The summed E-state index contributed by atoms with van der Waals surface area (Å²) in [5, 5.41) is 7.17. The molecule has 0 saturated carbocycles. The van der Waals surface area contributed by atoms with Gasteiger partial charge in [-0.15, -0.1) is 0 Å². The van der Waals surface area contributed by atoms with E-state index in [1.165, 1.54) is 29.1 Å². The van der Waals surface area contributed by atoms with E-state index >= 15 is 0 Å². The Balaban J connectivity index is 1.41. The van der Waals surface area contributed by atoms with Gasteiger partial charge in [-0.05, 0) is 53.2 Å². The minimum atomic E-state index is -4.56. The molecule has 1 aromatic heterocycles. The minimum absolute atomic E-state index is 0.00770. The van der Waals surface area contributed by atoms with Gasteiger partial charge in [-0.2, -0.15) is 18.3 Å². The fourth-order valence-electron chi connectivity index (χ4n) is 4.24.